The third-order valence-electron chi connectivity index (χ3n) is 2.05. The van der Waals surface area contributed by atoms with E-state index in [1.807, 2.05) is 0 Å². The number of nitriles is 1. The van der Waals surface area contributed by atoms with Gasteiger partial charge in [0.1, 0.15) is 0 Å². The number of methoxy groups -OCH3 is 1. The van der Waals surface area contributed by atoms with Crippen molar-refractivity contribution >= 4 is 11.6 Å². The highest BCUT2D eigenvalue weighted by Gasteiger charge is 2.22. The SMILES string of the molecule is COc1c(CCl)ncc(CC#N)c1C(F)F. The molecule has 1 aromatic heterocycles. The highest BCUT2D eigenvalue weighted by molar-refractivity contribution is 6.17. The second-order valence-corrected chi connectivity index (χ2v) is 3.21. The molecule has 0 bridgehead atoms. The largest absolute Gasteiger partial charge is 0.494 e. The number of aromatic nitrogens is 1. The Kier molecular flexibility index (Phi) is 4.44. The quantitative estimate of drug-likeness (QED) is 0.768. The predicted octanol–water partition coefficient (Wildman–Crippen LogP) is 2.83. The Labute approximate surface area is 96.6 Å². The molecular weight excluding hydrogens is 238 g/mol. The fourth-order valence-electron chi connectivity index (χ4n) is 1.37. The van der Waals surface area contributed by atoms with Crippen molar-refractivity contribution in [3.8, 4) is 11.8 Å². The average Bonchev–Trinajstić information content (AvgIpc) is 2.28. The standard InChI is InChI=1S/C10H9ClF2N2O/c1-16-9-7(4-11)15-5-6(2-3-14)8(9)10(12)13/h5,10H,2,4H2,1H3. The van der Waals surface area contributed by atoms with E-state index in [-0.39, 0.29) is 34.9 Å². The molecule has 0 saturated heterocycles. The second kappa shape index (κ2) is 5.61. The van der Waals surface area contributed by atoms with Gasteiger partial charge in [-0.25, -0.2) is 8.78 Å². The van der Waals surface area contributed by atoms with Gasteiger partial charge in [-0.1, -0.05) is 0 Å². The van der Waals surface area contributed by atoms with Crippen LogP contribution in [0.5, 0.6) is 5.75 Å². The molecule has 0 aliphatic heterocycles. The summed E-state index contributed by atoms with van der Waals surface area (Å²) in [5, 5.41) is 8.53. The van der Waals surface area contributed by atoms with Crippen molar-refractivity contribution < 1.29 is 13.5 Å². The number of halogens is 3. The number of nitrogens with zero attached hydrogens (tertiary/aromatic N) is 2. The van der Waals surface area contributed by atoms with E-state index >= 15 is 0 Å². The lowest BCUT2D eigenvalue weighted by molar-refractivity contribution is 0.145. The van der Waals surface area contributed by atoms with Crippen molar-refractivity contribution in [1.29, 1.82) is 5.26 Å². The first-order chi connectivity index (χ1) is 7.65. The molecule has 6 heteroatoms. The maximum absolute atomic E-state index is 12.9. The van der Waals surface area contributed by atoms with E-state index in [2.05, 4.69) is 4.98 Å². The summed E-state index contributed by atoms with van der Waals surface area (Å²) in [6, 6.07) is 1.81. The van der Waals surface area contributed by atoms with Gasteiger partial charge in [0, 0.05) is 6.20 Å². The van der Waals surface area contributed by atoms with Gasteiger partial charge >= 0.3 is 0 Å². The Bertz CT molecular complexity index is 418. The molecule has 86 valence electrons. The number of hydrogen-bond acceptors (Lipinski definition) is 3. The molecule has 3 nitrogen and oxygen atoms in total. The zero-order valence-electron chi connectivity index (χ0n) is 8.51. The van der Waals surface area contributed by atoms with Crippen LogP contribution in [0.4, 0.5) is 8.78 Å². The molecule has 0 saturated carbocycles. The maximum Gasteiger partial charge on any atom is 0.267 e. The normalized spacial score (nSPS) is 10.2. The van der Waals surface area contributed by atoms with Crippen molar-refractivity contribution in [3.05, 3.63) is 23.0 Å². The van der Waals surface area contributed by atoms with E-state index in [0.29, 0.717) is 0 Å². The Morgan fingerprint density at radius 1 is 1.62 bits per heavy atom. The lowest BCUT2D eigenvalue weighted by atomic mass is 10.1. The lowest BCUT2D eigenvalue weighted by Gasteiger charge is -2.13. The first kappa shape index (κ1) is 12.7. The molecule has 0 N–H and O–H groups in total. The second-order valence-electron chi connectivity index (χ2n) is 2.95. The van der Waals surface area contributed by atoms with Crippen LogP contribution >= 0.6 is 11.6 Å². The summed E-state index contributed by atoms with van der Waals surface area (Å²) in [6.45, 7) is 0. The van der Waals surface area contributed by atoms with E-state index in [1.165, 1.54) is 13.3 Å². The van der Waals surface area contributed by atoms with Crippen LogP contribution in [0.1, 0.15) is 23.2 Å². The van der Waals surface area contributed by atoms with E-state index in [9.17, 15) is 8.78 Å². The Morgan fingerprint density at radius 3 is 2.75 bits per heavy atom. The van der Waals surface area contributed by atoms with E-state index in [4.69, 9.17) is 21.6 Å². The number of rotatable bonds is 4. The zero-order chi connectivity index (χ0) is 12.1. The van der Waals surface area contributed by atoms with Gasteiger partial charge in [0.2, 0.25) is 0 Å². The third kappa shape index (κ3) is 2.39. The Hall–Kier alpha value is -1.41. The van der Waals surface area contributed by atoms with Gasteiger partial charge in [-0.05, 0) is 5.56 Å². The first-order valence-corrected chi connectivity index (χ1v) is 4.94. The summed E-state index contributed by atoms with van der Waals surface area (Å²) < 4.78 is 30.6. The highest BCUT2D eigenvalue weighted by Crippen LogP contribution is 2.34. The maximum atomic E-state index is 12.9. The third-order valence-corrected chi connectivity index (χ3v) is 2.30. The smallest absolute Gasteiger partial charge is 0.267 e. The van der Waals surface area contributed by atoms with Crippen LogP contribution in [0.15, 0.2) is 6.20 Å². The summed E-state index contributed by atoms with van der Waals surface area (Å²) in [7, 11) is 1.27. The van der Waals surface area contributed by atoms with Crippen LogP contribution in [-0.4, -0.2) is 12.1 Å². The molecular formula is C10H9ClF2N2O. The molecule has 1 heterocycles. The zero-order valence-corrected chi connectivity index (χ0v) is 9.26. The fourth-order valence-corrected chi connectivity index (χ4v) is 1.56. The molecule has 1 rings (SSSR count). The summed E-state index contributed by atoms with van der Waals surface area (Å²) in [5.74, 6) is -0.0480. The topological polar surface area (TPSA) is 45.9 Å². The van der Waals surface area contributed by atoms with Crippen LogP contribution in [0.25, 0.3) is 0 Å². The highest BCUT2D eigenvalue weighted by atomic mass is 35.5. The van der Waals surface area contributed by atoms with E-state index in [1.54, 1.807) is 6.07 Å². The number of pyridine rings is 1. The summed E-state index contributed by atoms with van der Waals surface area (Å²) in [5.41, 5.74) is 0.124. The van der Waals surface area contributed by atoms with Crippen LogP contribution in [-0.2, 0) is 12.3 Å². The lowest BCUT2D eigenvalue weighted by Crippen LogP contribution is -2.04. The monoisotopic (exact) mass is 246 g/mol. The molecule has 16 heavy (non-hydrogen) atoms. The molecule has 0 spiro atoms. The molecule has 0 aromatic carbocycles. The summed E-state index contributed by atoms with van der Waals surface area (Å²) >= 11 is 5.56. The van der Waals surface area contributed by atoms with Crippen molar-refractivity contribution in [2.75, 3.05) is 7.11 Å². The molecule has 0 aliphatic carbocycles. The molecule has 1 aromatic rings. The van der Waals surface area contributed by atoms with Crippen LogP contribution < -0.4 is 4.74 Å². The fraction of sp³-hybridized carbons (Fsp3) is 0.400. The van der Waals surface area contributed by atoms with Crippen LogP contribution in [0.3, 0.4) is 0 Å². The number of alkyl halides is 3. The van der Waals surface area contributed by atoms with Gasteiger partial charge in [-0.15, -0.1) is 11.6 Å². The van der Waals surface area contributed by atoms with Gasteiger partial charge in [-0.2, -0.15) is 5.26 Å². The van der Waals surface area contributed by atoms with Crippen molar-refractivity contribution in [2.45, 2.75) is 18.7 Å². The number of ether oxygens (including phenoxy) is 1. The summed E-state index contributed by atoms with van der Waals surface area (Å²) in [6.07, 6.45) is -1.61. The summed E-state index contributed by atoms with van der Waals surface area (Å²) in [4.78, 5) is 3.89. The minimum absolute atomic E-state index is 0.0181. The average molecular weight is 247 g/mol. The number of hydrogen-bond donors (Lipinski definition) is 0. The van der Waals surface area contributed by atoms with Gasteiger partial charge in [-0.3, -0.25) is 4.98 Å². The molecule has 0 unspecified atom stereocenters. The van der Waals surface area contributed by atoms with E-state index < -0.39 is 6.43 Å². The van der Waals surface area contributed by atoms with Crippen LogP contribution in [0, 0.1) is 11.3 Å². The van der Waals surface area contributed by atoms with Gasteiger partial charge in [0.25, 0.3) is 6.43 Å². The Balaban J connectivity index is 3.39. The minimum atomic E-state index is -2.72. The van der Waals surface area contributed by atoms with Gasteiger partial charge < -0.3 is 4.74 Å². The van der Waals surface area contributed by atoms with Gasteiger partial charge in [0.05, 0.1) is 36.7 Å². The molecule has 0 atom stereocenters. The Morgan fingerprint density at radius 2 is 2.31 bits per heavy atom. The molecule has 0 fully saturated rings. The molecule has 0 amide bonds. The van der Waals surface area contributed by atoms with Crippen molar-refractivity contribution in [1.82, 2.24) is 4.98 Å². The van der Waals surface area contributed by atoms with Crippen molar-refractivity contribution in [3.63, 3.8) is 0 Å². The molecule has 0 radical (unpaired) electrons. The minimum Gasteiger partial charge on any atom is -0.494 e. The van der Waals surface area contributed by atoms with Crippen molar-refractivity contribution in [2.24, 2.45) is 0 Å². The predicted molar refractivity (Wildman–Crippen MR) is 54.6 cm³/mol. The van der Waals surface area contributed by atoms with Crippen LogP contribution in [0.2, 0.25) is 0 Å². The first-order valence-electron chi connectivity index (χ1n) is 4.41. The molecule has 0 aliphatic rings. The van der Waals surface area contributed by atoms with Gasteiger partial charge in [0.15, 0.2) is 5.75 Å². The van der Waals surface area contributed by atoms with E-state index in [0.717, 1.165) is 0 Å².